The molecule has 2 rings (SSSR count). The van der Waals surface area contributed by atoms with Crippen LogP contribution < -0.4 is 10.6 Å². The van der Waals surface area contributed by atoms with Gasteiger partial charge in [0, 0.05) is 25.2 Å². The molecule has 0 bridgehead atoms. The lowest BCUT2D eigenvalue weighted by atomic mass is 9.88. The van der Waals surface area contributed by atoms with Crippen LogP contribution in [0.15, 0.2) is 24.3 Å². The highest BCUT2D eigenvalue weighted by Crippen LogP contribution is 2.21. The summed E-state index contributed by atoms with van der Waals surface area (Å²) in [7, 11) is 1.09. The van der Waals surface area contributed by atoms with Gasteiger partial charge in [0.2, 0.25) is 5.91 Å². The third-order valence-electron chi connectivity index (χ3n) is 4.14. The van der Waals surface area contributed by atoms with Crippen LogP contribution in [0.2, 0.25) is 0 Å². The average Bonchev–Trinajstić information content (AvgIpc) is 2.43. The number of nitrogens with one attached hydrogen (secondary N) is 2. The number of halogens is 4. The summed E-state index contributed by atoms with van der Waals surface area (Å²) in [5, 5.41) is 5.88. The molecule has 9 heteroatoms. The van der Waals surface area contributed by atoms with Gasteiger partial charge < -0.3 is 15.5 Å². The van der Waals surface area contributed by atoms with Crippen molar-refractivity contribution < 1.29 is 22.8 Å². The molecular formula is C16H21ClF3N3O2. The van der Waals surface area contributed by atoms with Gasteiger partial charge in [-0.25, -0.2) is 0 Å². The molecule has 0 spiro atoms. The second-order valence-corrected chi connectivity index (χ2v) is 6.06. The van der Waals surface area contributed by atoms with Crippen LogP contribution in [0.3, 0.4) is 0 Å². The van der Waals surface area contributed by atoms with Gasteiger partial charge in [-0.3, -0.25) is 9.59 Å². The predicted molar refractivity (Wildman–Crippen MR) is 90.4 cm³/mol. The summed E-state index contributed by atoms with van der Waals surface area (Å²) in [5.74, 6) is -1.88. The summed E-state index contributed by atoms with van der Waals surface area (Å²) in [6.07, 6.45) is -4.90. The summed E-state index contributed by atoms with van der Waals surface area (Å²) >= 11 is 0. The largest absolute Gasteiger partial charge is 0.471 e. The topological polar surface area (TPSA) is 61.4 Å². The number of benzene rings is 1. The maximum Gasteiger partial charge on any atom is 0.471 e. The Morgan fingerprint density at radius 1 is 1.36 bits per heavy atom. The number of hydrogen-bond acceptors (Lipinski definition) is 3. The van der Waals surface area contributed by atoms with Crippen molar-refractivity contribution in [3.8, 4) is 0 Å². The molecule has 1 aliphatic heterocycles. The van der Waals surface area contributed by atoms with Gasteiger partial charge >= 0.3 is 12.1 Å². The van der Waals surface area contributed by atoms with Crippen LogP contribution >= 0.6 is 12.4 Å². The summed E-state index contributed by atoms with van der Waals surface area (Å²) in [6.45, 7) is 3.27. The number of hydrogen-bond donors (Lipinski definition) is 2. The molecule has 0 aromatic heterocycles. The van der Waals surface area contributed by atoms with E-state index in [1.807, 2.05) is 6.92 Å². The molecule has 2 amide bonds. The average molecular weight is 380 g/mol. The summed E-state index contributed by atoms with van der Waals surface area (Å²) < 4.78 is 37.2. The highest BCUT2D eigenvalue weighted by molar-refractivity contribution is 5.92. The van der Waals surface area contributed by atoms with Gasteiger partial charge in [0.15, 0.2) is 0 Å². The second-order valence-electron chi connectivity index (χ2n) is 6.06. The minimum Gasteiger partial charge on any atom is -0.334 e. The lowest BCUT2D eigenvalue weighted by molar-refractivity contribution is -0.184. The van der Waals surface area contributed by atoms with Crippen molar-refractivity contribution in [1.82, 2.24) is 10.2 Å². The second kappa shape index (κ2) is 8.53. The standard InChI is InChI=1S/C16H20F3N3O2.ClH/c1-10(12-7-20-8-12)14(23)21-13-5-3-4-11(6-13)9-22(2)15(24)16(17,18)19;/h3-6,10,12,20H,7-9H2,1-2H3,(H,21,23);1H. The third-order valence-corrected chi connectivity index (χ3v) is 4.14. The molecule has 140 valence electrons. The van der Waals surface area contributed by atoms with E-state index in [0.29, 0.717) is 22.1 Å². The van der Waals surface area contributed by atoms with E-state index in [2.05, 4.69) is 10.6 Å². The molecule has 0 saturated carbocycles. The molecular weight excluding hydrogens is 359 g/mol. The number of carbonyl (C=O) groups excluding carboxylic acids is 2. The molecule has 2 N–H and O–H groups in total. The highest BCUT2D eigenvalue weighted by Gasteiger charge is 2.41. The van der Waals surface area contributed by atoms with Crippen molar-refractivity contribution in [2.45, 2.75) is 19.6 Å². The summed E-state index contributed by atoms with van der Waals surface area (Å²) in [5.41, 5.74) is 1.01. The van der Waals surface area contributed by atoms with Crippen LogP contribution in [-0.4, -0.2) is 43.0 Å². The molecule has 5 nitrogen and oxygen atoms in total. The first-order chi connectivity index (χ1) is 11.2. The lowest BCUT2D eigenvalue weighted by Crippen LogP contribution is -2.48. The van der Waals surface area contributed by atoms with E-state index < -0.39 is 12.1 Å². The minimum atomic E-state index is -4.90. The van der Waals surface area contributed by atoms with E-state index in [1.165, 1.54) is 0 Å². The molecule has 1 fully saturated rings. The number of amides is 2. The van der Waals surface area contributed by atoms with E-state index in [4.69, 9.17) is 0 Å². The normalized spacial score (nSPS) is 15.6. The maximum absolute atomic E-state index is 12.4. The monoisotopic (exact) mass is 379 g/mol. The first-order valence-corrected chi connectivity index (χ1v) is 7.61. The van der Waals surface area contributed by atoms with Gasteiger partial charge in [0.05, 0.1) is 0 Å². The van der Waals surface area contributed by atoms with Crippen molar-refractivity contribution in [2.75, 3.05) is 25.5 Å². The zero-order chi connectivity index (χ0) is 17.9. The Morgan fingerprint density at radius 3 is 2.52 bits per heavy atom. The number of carbonyl (C=O) groups is 2. The molecule has 1 aromatic carbocycles. The fourth-order valence-corrected chi connectivity index (χ4v) is 2.44. The van der Waals surface area contributed by atoms with Crippen molar-refractivity contribution in [3.63, 3.8) is 0 Å². The Bertz CT molecular complexity index is 621. The van der Waals surface area contributed by atoms with Gasteiger partial charge in [-0.05, 0) is 36.7 Å². The molecule has 1 saturated heterocycles. The molecule has 1 aliphatic rings. The molecule has 0 aliphatic carbocycles. The van der Waals surface area contributed by atoms with Crippen LogP contribution in [0.4, 0.5) is 18.9 Å². The third kappa shape index (κ3) is 5.61. The number of alkyl halides is 3. The van der Waals surface area contributed by atoms with Gasteiger partial charge in [-0.2, -0.15) is 13.2 Å². The van der Waals surface area contributed by atoms with E-state index in [9.17, 15) is 22.8 Å². The molecule has 1 unspecified atom stereocenters. The fourth-order valence-electron chi connectivity index (χ4n) is 2.44. The zero-order valence-corrected chi connectivity index (χ0v) is 14.7. The lowest BCUT2D eigenvalue weighted by Gasteiger charge is -2.31. The van der Waals surface area contributed by atoms with Gasteiger partial charge in [0.25, 0.3) is 0 Å². The highest BCUT2D eigenvalue weighted by atomic mass is 35.5. The van der Waals surface area contributed by atoms with Crippen LogP contribution in [-0.2, 0) is 16.1 Å². The van der Waals surface area contributed by atoms with E-state index in [-0.39, 0.29) is 30.8 Å². The Labute approximate surface area is 150 Å². The fraction of sp³-hybridized carbons (Fsp3) is 0.500. The predicted octanol–water partition coefficient (Wildman–Crippen LogP) is 2.42. The Morgan fingerprint density at radius 2 is 2.00 bits per heavy atom. The molecule has 1 atom stereocenters. The van der Waals surface area contributed by atoms with Crippen LogP contribution in [0.1, 0.15) is 12.5 Å². The van der Waals surface area contributed by atoms with Gasteiger partial charge in [-0.15, -0.1) is 12.4 Å². The number of anilines is 1. The smallest absolute Gasteiger partial charge is 0.334 e. The van der Waals surface area contributed by atoms with E-state index in [1.54, 1.807) is 24.3 Å². The first-order valence-electron chi connectivity index (χ1n) is 7.61. The van der Waals surface area contributed by atoms with Crippen molar-refractivity contribution in [1.29, 1.82) is 0 Å². The first kappa shape index (κ1) is 21.2. The van der Waals surface area contributed by atoms with Crippen molar-refractivity contribution >= 4 is 29.9 Å². The molecule has 1 aromatic rings. The summed E-state index contributed by atoms with van der Waals surface area (Å²) in [6, 6.07) is 6.48. The molecule has 0 radical (unpaired) electrons. The Balaban J connectivity index is 0.00000312. The molecule has 25 heavy (non-hydrogen) atoms. The Hall–Kier alpha value is -1.80. The van der Waals surface area contributed by atoms with Crippen LogP contribution in [0.25, 0.3) is 0 Å². The van der Waals surface area contributed by atoms with E-state index >= 15 is 0 Å². The minimum absolute atomic E-state index is 0. The Kier molecular flexibility index (Phi) is 7.25. The zero-order valence-electron chi connectivity index (χ0n) is 13.9. The van der Waals surface area contributed by atoms with Crippen molar-refractivity contribution in [2.24, 2.45) is 11.8 Å². The van der Waals surface area contributed by atoms with Gasteiger partial charge in [0.1, 0.15) is 0 Å². The summed E-state index contributed by atoms with van der Waals surface area (Å²) in [4.78, 5) is 23.9. The number of nitrogens with zero attached hydrogens (tertiary/aromatic N) is 1. The van der Waals surface area contributed by atoms with E-state index in [0.717, 1.165) is 20.1 Å². The molecule has 1 heterocycles. The SMILES string of the molecule is CC(C(=O)Nc1cccc(CN(C)C(=O)C(F)(F)F)c1)C1CNC1.Cl. The maximum atomic E-state index is 12.4. The van der Waals surface area contributed by atoms with Crippen LogP contribution in [0.5, 0.6) is 0 Å². The van der Waals surface area contributed by atoms with Crippen molar-refractivity contribution in [3.05, 3.63) is 29.8 Å². The van der Waals surface area contributed by atoms with Crippen LogP contribution in [0, 0.1) is 11.8 Å². The van der Waals surface area contributed by atoms with Gasteiger partial charge in [-0.1, -0.05) is 19.1 Å². The quantitative estimate of drug-likeness (QED) is 0.826. The number of rotatable bonds is 5.